The zero-order valence-electron chi connectivity index (χ0n) is 15.7. The third kappa shape index (κ3) is 4.50. The molecule has 0 N–H and O–H groups in total. The molecule has 3 heteroatoms. The highest BCUT2D eigenvalue weighted by molar-refractivity contribution is 6.07. The van der Waals surface area contributed by atoms with E-state index in [-0.39, 0.29) is 11.8 Å². The van der Waals surface area contributed by atoms with Crippen molar-refractivity contribution in [3.63, 3.8) is 0 Å². The van der Waals surface area contributed by atoms with Crippen LogP contribution in [0.4, 0.5) is 0 Å². The van der Waals surface area contributed by atoms with Crippen LogP contribution in [-0.2, 0) is 4.79 Å². The molecule has 136 valence electrons. The van der Waals surface area contributed by atoms with Gasteiger partial charge in [-0.05, 0) is 67.4 Å². The molecule has 0 heterocycles. The van der Waals surface area contributed by atoms with Gasteiger partial charge in [0.15, 0.2) is 5.78 Å². The predicted molar refractivity (Wildman–Crippen MR) is 109 cm³/mol. The van der Waals surface area contributed by atoms with E-state index in [1.165, 1.54) is 0 Å². The third-order valence-electron chi connectivity index (χ3n) is 4.20. The molecule has 0 radical (unpaired) electrons. The normalized spacial score (nSPS) is 11.7. The first kappa shape index (κ1) is 18.6. The summed E-state index contributed by atoms with van der Waals surface area (Å²) in [5, 5.41) is 2.24. The van der Waals surface area contributed by atoms with Gasteiger partial charge in [-0.2, -0.15) is 0 Å². The minimum Gasteiger partial charge on any atom is -0.426 e. The first-order chi connectivity index (χ1) is 12.8. The summed E-state index contributed by atoms with van der Waals surface area (Å²) in [4.78, 5) is 24.4. The zero-order chi connectivity index (χ0) is 19.4. The molecule has 0 aliphatic heterocycles. The minimum atomic E-state index is -0.574. The molecule has 0 aliphatic carbocycles. The molecular formula is C24H22O3. The average Bonchev–Trinajstić information content (AvgIpc) is 2.66. The van der Waals surface area contributed by atoms with Crippen molar-refractivity contribution < 1.29 is 14.3 Å². The van der Waals surface area contributed by atoms with Crippen molar-refractivity contribution >= 4 is 28.6 Å². The lowest BCUT2D eigenvalue weighted by Crippen LogP contribution is -2.25. The van der Waals surface area contributed by atoms with Gasteiger partial charge in [0.1, 0.15) is 5.75 Å². The lowest BCUT2D eigenvalue weighted by Gasteiger charge is -2.16. The second kappa shape index (κ2) is 7.58. The van der Waals surface area contributed by atoms with Crippen molar-refractivity contribution in [2.24, 2.45) is 5.41 Å². The van der Waals surface area contributed by atoms with Gasteiger partial charge in [-0.1, -0.05) is 48.5 Å². The van der Waals surface area contributed by atoms with Crippen LogP contribution in [0.25, 0.3) is 16.8 Å². The second-order valence-corrected chi connectivity index (χ2v) is 7.43. The molecule has 3 nitrogen and oxygen atoms in total. The van der Waals surface area contributed by atoms with Crippen molar-refractivity contribution in [2.45, 2.75) is 20.8 Å². The molecule has 0 unspecified atom stereocenters. The smallest absolute Gasteiger partial charge is 0.316 e. The number of hydrogen-bond donors (Lipinski definition) is 0. The van der Waals surface area contributed by atoms with Crippen molar-refractivity contribution in [2.75, 3.05) is 0 Å². The molecule has 27 heavy (non-hydrogen) atoms. The molecule has 0 amide bonds. The molecule has 3 aromatic rings. The lowest BCUT2D eigenvalue weighted by atomic mass is 9.97. The molecular weight excluding hydrogens is 336 g/mol. The Morgan fingerprint density at radius 1 is 0.852 bits per heavy atom. The number of rotatable bonds is 4. The third-order valence-corrected chi connectivity index (χ3v) is 4.20. The standard InChI is InChI=1S/C24H22O3/c1-24(2,3)23(26)27-20-14-11-19(12-15-20)22(25)16-13-18-9-6-8-17-7-4-5-10-21(17)18/h4-16H,1-3H3. The van der Waals surface area contributed by atoms with E-state index in [1.54, 1.807) is 51.1 Å². The van der Waals surface area contributed by atoms with Crippen molar-refractivity contribution in [1.29, 1.82) is 0 Å². The zero-order valence-corrected chi connectivity index (χ0v) is 15.7. The maximum absolute atomic E-state index is 12.5. The summed E-state index contributed by atoms with van der Waals surface area (Å²) in [6, 6.07) is 20.7. The van der Waals surface area contributed by atoms with Crippen LogP contribution < -0.4 is 4.74 Å². The fourth-order valence-corrected chi connectivity index (χ4v) is 2.60. The summed E-state index contributed by atoms with van der Waals surface area (Å²) in [7, 11) is 0. The van der Waals surface area contributed by atoms with Gasteiger partial charge in [0.2, 0.25) is 0 Å². The van der Waals surface area contributed by atoms with Crippen LogP contribution in [-0.4, -0.2) is 11.8 Å². The number of hydrogen-bond acceptors (Lipinski definition) is 3. The first-order valence-electron chi connectivity index (χ1n) is 8.87. The van der Waals surface area contributed by atoms with Crippen LogP contribution in [0.2, 0.25) is 0 Å². The quantitative estimate of drug-likeness (QED) is 0.260. The van der Waals surface area contributed by atoms with E-state index in [1.807, 2.05) is 48.5 Å². The second-order valence-electron chi connectivity index (χ2n) is 7.43. The maximum atomic E-state index is 12.5. The minimum absolute atomic E-state index is 0.100. The van der Waals surface area contributed by atoms with E-state index >= 15 is 0 Å². The molecule has 0 atom stereocenters. The molecule has 0 aromatic heterocycles. The Morgan fingerprint density at radius 3 is 2.22 bits per heavy atom. The molecule has 3 aromatic carbocycles. The summed E-state index contributed by atoms with van der Waals surface area (Å²) in [6.45, 7) is 5.39. The number of carbonyl (C=O) groups is 2. The first-order valence-corrected chi connectivity index (χ1v) is 8.87. The van der Waals surface area contributed by atoms with Crippen LogP contribution in [0.5, 0.6) is 5.75 Å². The van der Waals surface area contributed by atoms with Crippen LogP contribution in [0.3, 0.4) is 0 Å². The Bertz CT molecular complexity index is 1000. The number of esters is 1. The summed E-state index contributed by atoms with van der Waals surface area (Å²) < 4.78 is 5.32. The van der Waals surface area contributed by atoms with Crippen LogP contribution in [0, 0.1) is 5.41 Å². The van der Waals surface area contributed by atoms with Gasteiger partial charge in [-0.3, -0.25) is 9.59 Å². The Morgan fingerprint density at radius 2 is 1.52 bits per heavy atom. The van der Waals surface area contributed by atoms with Crippen LogP contribution >= 0.6 is 0 Å². The maximum Gasteiger partial charge on any atom is 0.316 e. The lowest BCUT2D eigenvalue weighted by molar-refractivity contribution is -0.142. The van der Waals surface area contributed by atoms with Crippen LogP contribution in [0.15, 0.2) is 72.8 Å². The monoisotopic (exact) mass is 358 g/mol. The highest BCUT2D eigenvalue weighted by atomic mass is 16.5. The summed E-state index contributed by atoms with van der Waals surface area (Å²) in [6.07, 6.45) is 3.40. The number of ketones is 1. The van der Waals surface area contributed by atoms with Crippen LogP contribution in [0.1, 0.15) is 36.7 Å². The van der Waals surface area contributed by atoms with E-state index in [4.69, 9.17) is 4.74 Å². The molecule has 0 aliphatic rings. The Kier molecular flexibility index (Phi) is 5.22. The highest BCUT2D eigenvalue weighted by Gasteiger charge is 2.23. The Hall–Kier alpha value is -3.20. The van der Waals surface area contributed by atoms with Gasteiger partial charge in [0.05, 0.1) is 5.41 Å². The largest absolute Gasteiger partial charge is 0.426 e. The molecule has 0 bridgehead atoms. The predicted octanol–water partition coefficient (Wildman–Crippen LogP) is 5.69. The van der Waals surface area contributed by atoms with Gasteiger partial charge in [0.25, 0.3) is 0 Å². The van der Waals surface area contributed by atoms with Gasteiger partial charge >= 0.3 is 5.97 Å². The molecule has 3 rings (SSSR count). The van der Waals surface area contributed by atoms with Crippen molar-refractivity contribution in [3.05, 3.63) is 83.9 Å². The van der Waals surface area contributed by atoms with E-state index in [0.29, 0.717) is 11.3 Å². The van der Waals surface area contributed by atoms with Crippen molar-refractivity contribution in [3.8, 4) is 5.75 Å². The van der Waals surface area contributed by atoms with Gasteiger partial charge in [-0.15, -0.1) is 0 Å². The van der Waals surface area contributed by atoms with E-state index in [2.05, 4.69) is 0 Å². The fourth-order valence-electron chi connectivity index (χ4n) is 2.60. The van der Waals surface area contributed by atoms with Gasteiger partial charge in [0, 0.05) is 5.56 Å². The van der Waals surface area contributed by atoms with E-state index in [9.17, 15) is 9.59 Å². The van der Waals surface area contributed by atoms with E-state index in [0.717, 1.165) is 16.3 Å². The SMILES string of the molecule is CC(C)(C)C(=O)Oc1ccc(C(=O)C=Cc2cccc3ccccc23)cc1. The number of ether oxygens (including phenoxy) is 1. The van der Waals surface area contributed by atoms with Crippen molar-refractivity contribution in [1.82, 2.24) is 0 Å². The summed E-state index contributed by atoms with van der Waals surface area (Å²) in [5.74, 6) is 0.0265. The number of benzene rings is 3. The van der Waals surface area contributed by atoms with Gasteiger partial charge in [-0.25, -0.2) is 0 Å². The fraction of sp³-hybridized carbons (Fsp3) is 0.167. The summed E-state index contributed by atoms with van der Waals surface area (Å²) >= 11 is 0. The van der Waals surface area contributed by atoms with E-state index < -0.39 is 5.41 Å². The number of allylic oxidation sites excluding steroid dienone is 1. The molecule has 0 saturated carbocycles. The Balaban J connectivity index is 1.74. The highest BCUT2D eigenvalue weighted by Crippen LogP contribution is 2.21. The summed E-state index contributed by atoms with van der Waals surface area (Å²) in [5.41, 5.74) is 0.967. The number of carbonyl (C=O) groups excluding carboxylic acids is 2. The average molecular weight is 358 g/mol. The molecule has 0 spiro atoms. The molecule has 0 saturated heterocycles. The molecule has 0 fully saturated rings. The number of fused-ring (bicyclic) bond motifs is 1. The van der Waals surface area contributed by atoms with Gasteiger partial charge < -0.3 is 4.74 Å². The topological polar surface area (TPSA) is 43.4 Å². The Labute approximate surface area is 159 Å².